The summed E-state index contributed by atoms with van der Waals surface area (Å²) in [6.45, 7) is 0. The average molecular weight is 345 g/mol. The number of anilines is 1. The number of hydrogen-bond acceptors (Lipinski definition) is 3. The van der Waals surface area contributed by atoms with Gasteiger partial charge in [0.1, 0.15) is 0 Å². The smallest absolute Gasteiger partial charge is 0.255 e. The van der Waals surface area contributed by atoms with E-state index in [1.165, 1.54) is 42.5 Å². The largest absolute Gasteiger partial charge is 0.322 e. The molecule has 0 saturated carbocycles. The fourth-order valence-electron chi connectivity index (χ4n) is 1.57. The topological polar surface area (TPSA) is 89.3 Å². The monoisotopic (exact) mass is 344 g/mol. The van der Waals surface area contributed by atoms with Gasteiger partial charge >= 0.3 is 0 Å². The minimum Gasteiger partial charge on any atom is -0.322 e. The highest BCUT2D eigenvalue weighted by molar-refractivity contribution is 7.89. The van der Waals surface area contributed by atoms with E-state index >= 15 is 0 Å². The maximum absolute atomic E-state index is 12.0. The van der Waals surface area contributed by atoms with Gasteiger partial charge in [-0.15, -0.1) is 0 Å². The predicted octanol–water partition coefficient (Wildman–Crippen LogP) is 2.89. The Hall–Kier alpha value is -1.60. The maximum atomic E-state index is 12.0. The molecule has 0 saturated heterocycles. The van der Waals surface area contributed by atoms with E-state index in [9.17, 15) is 13.2 Å². The van der Waals surface area contributed by atoms with Crippen LogP contribution in [0, 0.1) is 0 Å². The van der Waals surface area contributed by atoms with Crippen molar-refractivity contribution >= 4 is 44.8 Å². The summed E-state index contributed by atoms with van der Waals surface area (Å²) >= 11 is 11.6. The number of carbonyl (C=O) groups is 1. The molecule has 0 aliphatic carbocycles. The van der Waals surface area contributed by atoms with Crippen molar-refractivity contribution in [2.24, 2.45) is 5.14 Å². The molecule has 0 heterocycles. The molecule has 0 aliphatic rings. The summed E-state index contributed by atoms with van der Waals surface area (Å²) in [5.41, 5.74) is 0.762. The molecule has 0 radical (unpaired) electrons. The second-order valence-electron chi connectivity index (χ2n) is 4.15. The molecule has 1 amide bonds. The van der Waals surface area contributed by atoms with E-state index < -0.39 is 15.9 Å². The van der Waals surface area contributed by atoms with Crippen LogP contribution in [0.5, 0.6) is 0 Å². The molecule has 0 unspecified atom stereocenters. The van der Waals surface area contributed by atoms with E-state index in [-0.39, 0.29) is 9.92 Å². The first-order valence-electron chi connectivity index (χ1n) is 5.66. The molecule has 0 spiro atoms. The number of primary sulfonamides is 1. The normalized spacial score (nSPS) is 11.2. The molecule has 3 N–H and O–H groups in total. The molecular weight excluding hydrogens is 335 g/mol. The van der Waals surface area contributed by atoms with Gasteiger partial charge in [-0.1, -0.05) is 23.2 Å². The van der Waals surface area contributed by atoms with Gasteiger partial charge in [0.15, 0.2) is 0 Å². The first-order valence-corrected chi connectivity index (χ1v) is 7.97. The van der Waals surface area contributed by atoms with Gasteiger partial charge in [0.25, 0.3) is 5.91 Å². The molecule has 8 heteroatoms. The summed E-state index contributed by atoms with van der Waals surface area (Å²) in [5, 5.41) is 8.22. The standard InChI is InChI=1S/C13H10Cl2N2O3S/c14-11-6-1-8(7-12(11)15)13(18)17-9-2-4-10(5-3-9)21(16,19)20/h1-7H,(H,17,18)(H2,16,19,20). The Bertz CT molecular complexity index is 790. The van der Waals surface area contributed by atoms with Crippen LogP contribution in [0.4, 0.5) is 5.69 Å². The molecule has 2 aromatic carbocycles. The quantitative estimate of drug-likeness (QED) is 0.896. The van der Waals surface area contributed by atoms with E-state index in [0.29, 0.717) is 16.3 Å². The summed E-state index contributed by atoms with van der Waals surface area (Å²) in [6.07, 6.45) is 0. The fraction of sp³-hybridized carbons (Fsp3) is 0. The van der Waals surface area contributed by atoms with Gasteiger partial charge in [-0.05, 0) is 42.5 Å². The lowest BCUT2D eigenvalue weighted by Gasteiger charge is -2.07. The number of halogens is 2. The minimum atomic E-state index is -3.76. The minimum absolute atomic E-state index is 0.0324. The third-order valence-corrected chi connectivity index (χ3v) is 4.29. The van der Waals surface area contributed by atoms with Crippen LogP contribution >= 0.6 is 23.2 Å². The molecule has 2 rings (SSSR count). The molecule has 0 aliphatic heterocycles. The molecule has 0 atom stereocenters. The lowest BCUT2D eigenvalue weighted by Crippen LogP contribution is -2.13. The third-order valence-electron chi connectivity index (χ3n) is 2.62. The highest BCUT2D eigenvalue weighted by Gasteiger charge is 2.10. The van der Waals surface area contributed by atoms with Crippen molar-refractivity contribution in [1.82, 2.24) is 0 Å². The molecule has 5 nitrogen and oxygen atoms in total. The van der Waals surface area contributed by atoms with E-state index in [1.54, 1.807) is 0 Å². The van der Waals surface area contributed by atoms with E-state index in [1.807, 2.05) is 0 Å². The first kappa shape index (κ1) is 15.8. The highest BCUT2D eigenvalue weighted by Crippen LogP contribution is 2.23. The van der Waals surface area contributed by atoms with Crippen LogP contribution in [0.1, 0.15) is 10.4 Å². The first-order chi connectivity index (χ1) is 9.77. The fourth-order valence-corrected chi connectivity index (χ4v) is 2.38. The number of rotatable bonds is 3. The van der Waals surface area contributed by atoms with Crippen molar-refractivity contribution in [3.8, 4) is 0 Å². The summed E-state index contributed by atoms with van der Waals surface area (Å²) in [5.74, 6) is -0.392. The van der Waals surface area contributed by atoms with Crippen molar-refractivity contribution in [1.29, 1.82) is 0 Å². The SMILES string of the molecule is NS(=O)(=O)c1ccc(NC(=O)c2ccc(Cl)c(Cl)c2)cc1. The third kappa shape index (κ3) is 3.95. The summed E-state index contributed by atoms with van der Waals surface area (Å²) in [6, 6.07) is 9.98. The van der Waals surface area contributed by atoms with Crippen molar-refractivity contribution in [3.63, 3.8) is 0 Å². The molecule has 0 fully saturated rings. The van der Waals surface area contributed by atoms with E-state index in [2.05, 4.69) is 5.32 Å². The zero-order chi connectivity index (χ0) is 15.6. The Labute approximate surface area is 131 Å². The van der Waals surface area contributed by atoms with Crippen molar-refractivity contribution in [2.75, 3.05) is 5.32 Å². The highest BCUT2D eigenvalue weighted by atomic mass is 35.5. The summed E-state index contributed by atoms with van der Waals surface area (Å²) in [4.78, 5) is 12.0. The summed E-state index contributed by atoms with van der Waals surface area (Å²) in [7, 11) is -3.76. The lowest BCUT2D eigenvalue weighted by molar-refractivity contribution is 0.102. The van der Waals surface area contributed by atoms with Gasteiger partial charge < -0.3 is 5.32 Å². The van der Waals surface area contributed by atoms with Crippen LogP contribution in [0.3, 0.4) is 0 Å². The van der Waals surface area contributed by atoms with Gasteiger partial charge in [-0.3, -0.25) is 4.79 Å². The summed E-state index contributed by atoms with van der Waals surface area (Å²) < 4.78 is 22.2. The number of hydrogen-bond donors (Lipinski definition) is 2. The average Bonchev–Trinajstić information content (AvgIpc) is 2.41. The number of nitrogens with one attached hydrogen (secondary N) is 1. The van der Waals surface area contributed by atoms with Gasteiger partial charge in [0.05, 0.1) is 14.9 Å². The number of sulfonamides is 1. The van der Waals surface area contributed by atoms with Crippen molar-refractivity contribution < 1.29 is 13.2 Å². The Morgan fingerprint density at radius 2 is 1.62 bits per heavy atom. The number of amides is 1. The lowest BCUT2D eigenvalue weighted by atomic mass is 10.2. The molecule has 0 aromatic heterocycles. The molecule has 0 bridgehead atoms. The van der Waals surface area contributed by atoms with Crippen LogP contribution in [-0.4, -0.2) is 14.3 Å². The van der Waals surface area contributed by atoms with Gasteiger partial charge in [0.2, 0.25) is 10.0 Å². The number of benzene rings is 2. The van der Waals surface area contributed by atoms with Crippen LogP contribution < -0.4 is 10.5 Å². The Balaban J connectivity index is 2.18. The Morgan fingerprint density at radius 1 is 1.00 bits per heavy atom. The van der Waals surface area contributed by atoms with Gasteiger partial charge in [-0.25, -0.2) is 13.6 Å². The van der Waals surface area contributed by atoms with E-state index in [4.69, 9.17) is 28.3 Å². The van der Waals surface area contributed by atoms with E-state index in [0.717, 1.165) is 0 Å². The van der Waals surface area contributed by atoms with Crippen LogP contribution in [-0.2, 0) is 10.0 Å². The predicted molar refractivity (Wildman–Crippen MR) is 82.2 cm³/mol. The second kappa shape index (κ2) is 6.03. The van der Waals surface area contributed by atoms with Crippen LogP contribution in [0.15, 0.2) is 47.4 Å². The maximum Gasteiger partial charge on any atom is 0.255 e. The Kier molecular flexibility index (Phi) is 4.53. The van der Waals surface area contributed by atoms with Crippen LogP contribution in [0.2, 0.25) is 10.0 Å². The number of nitrogens with two attached hydrogens (primary N) is 1. The van der Waals surface area contributed by atoms with Crippen molar-refractivity contribution in [2.45, 2.75) is 4.90 Å². The van der Waals surface area contributed by atoms with Gasteiger partial charge in [-0.2, -0.15) is 0 Å². The zero-order valence-electron chi connectivity index (χ0n) is 10.5. The van der Waals surface area contributed by atoms with Gasteiger partial charge in [0, 0.05) is 11.3 Å². The van der Waals surface area contributed by atoms with Crippen LogP contribution in [0.25, 0.3) is 0 Å². The molecular formula is C13H10Cl2N2O3S. The second-order valence-corrected chi connectivity index (χ2v) is 6.53. The number of carbonyl (C=O) groups excluding carboxylic acids is 1. The molecule has 21 heavy (non-hydrogen) atoms. The Morgan fingerprint density at radius 3 is 2.14 bits per heavy atom. The van der Waals surface area contributed by atoms with Crippen molar-refractivity contribution in [3.05, 3.63) is 58.1 Å². The molecule has 110 valence electrons. The zero-order valence-corrected chi connectivity index (χ0v) is 12.8. The molecule has 2 aromatic rings.